The third-order valence-corrected chi connectivity index (χ3v) is 6.12. The van der Waals surface area contributed by atoms with Crippen molar-refractivity contribution in [3.05, 3.63) is 58.6 Å². The normalized spacial score (nSPS) is 17.6. The van der Waals surface area contributed by atoms with Crippen LogP contribution in [0.1, 0.15) is 30.9 Å². The number of methoxy groups -OCH3 is 1. The van der Waals surface area contributed by atoms with Gasteiger partial charge in [-0.2, -0.15) is 18.3 Å². The van der Waals surface area contributed by atoms with Gasteiger partial charge in [0, 0.05) is 12.1 Å². The van der Waals surface area contributed by atoms with Crippen LogP contribution in [0.2, 0.25) is 5.02 Å². The molecule has 1 saturated heterocycles. The Balaban J connectivity index is 1.64. The summed E-state index contributed by atoms with van der Waals surface area (Å²) < 4.78 is 44.1. The molecule has 0 radical (unpaired) electrons. The van der Waals surface area contributed by atoms with Crippen molar-refractivity contribution in [2.75, 3.05) is 12.4 Å². The number of ether oxygens (including phenoxy) is 1. The van der Waals surface area contributed by atoms with Crippen LogP contribution in [-0.4, -0.2) is 35.1 Å². The quantitative estimate of drug-likeness (QED) is 0.399. The van der Waals surface area contributed by atoms with Crippen LogP contribution in [0.25, 0.3) is 0 Å². The van der Waals surface area contributed by atoms with E-state index in [1.807, 2.05) is 19.1 Å². The Morgan fingerprint density at radius 2 is 1.94 bits per heavy atom. The maximum atomic E-state index is 13.0. The van der Waals surface area contributed by atoms with Crippen LogP contribution in [0.3, 0.4) is 0 Å². The molecule has 1 aliphatic heterocycles. The molecule has 7 nitrogen and oxygen atoms in total. The molecule has 0 bridgehead atoms. The van der Waals surface area contributed by atoms with E-state index in [9.17, 15) is 22.8 Å². The van der Waals surface area contributed by atoms with Crippen molar-refractivity contribution in [1.82, 2.24) is 5.32 Å². The molecule has 0 saturated carbocycles. The van der Waals surface area contributed by atoms with Crippen molar-refractivity contribution in [3.63, 3.8) is 0 Å². The van der Waals surface area contributed by atoms with E-state index in [4.69, 9.17) is 16.3 Å². The highest BCUT2D eigenvalue weighted by Gasteiger charge is 2.34. The van der Waals surface area contributed by atoms with Gasteiger partial charge in [0.2, 0.25) is 11.8 Å². The Bertz CT molecular complexity index is 1140. The molecular weight excluding hydrogens is 493 g/mol. The lowest BCUT2D eigenvalue weighted by molar-refractivity contribution is -0.137. The van der Waals surface area contributed by atoms with Crippen molar-refractivity contribution in [2.45, 2.75) is 31.2 Å². The van der Waals surface area contributed by atoms with Crippen LogP contribution in [-0.2, 0) is 15.8 Å². The molecule has 0 spiro atoms. The molecule has 2 aromatic carbocycles. The first-order chi connectivity index (χ1) is 16.1. The number of anilines is 1. The Morgan fingerprint density at radius 1 is 1.24 bits per heavy atom. The predicted octanol–water partition coefficient (Wildman–Crippen LogP) is 5.10. The van der Waals surface area contributed by atoms with E-state index < -0.39 is 33.8 Å². The highest BCUT2D eigenvalue weighted by Crippen LogP contribution is 2.36. The summed E-state index contributed by atoms with van der Waals surface area (Å²) in [5.74, 6) is -0.359. The van der Waals surface area contributed by atoms with E-state index in [-0.39, 0.29) is 17.3 Å². The van der Waals surface area contributed by atoms with Crippen molar-refractivity contribution in [1.29, 1.82) is 0 Å². The van der Waals surface area contributed by atoms with Crippen molar-refractivity contribution in [3.8, 4) is 5.75 Å². The predicted molar refractivity (Wildman–Crippen MR) is 126 cm³/mol. The standard InChI is InChI=1S/C22H20ClF3N4O3S/c1-3-17(12-4-7-14(33-2)8-5-12)29-30-21-28-20(32)18(34-21)11-19(31)27-13-6-9-16(23)15(10-13)22(24,25)26/h4-10,18H,3,11H2,1-2H3,(H,27,31)(H,28,30,32)/b29-17-/t18-/m1/s1. The number of nitrogens with one attached hydrogen (secondary N) is 2. The molecule has 0 aliphatic carbocycles. The number of hydrogen-bond donors (Lipinski definition) is 2. The summed E-state index contributed by atoms with van der Waals surface area (Å²) >= 11 is 6.61. The van der Waals surface area contributed by atoms with Gasteiger partial charge in [0.1, 0.15) is 11.0 Å². The summed E-state index contributed by atoms with van der Waals surface area (Å²) in [4.78, 5) is 24.6. The van der Waals surface area contributed by atoms with Crippen LogP contribution < -0.4 is 15.4 Å². The summed E-state index contributed by atoms with van der Waals surface area (Å²) in [6, 6.07) is 10.3. The first kappa shape index (κ1) is 25.6. The van der Waals surface area contributed by atoms with E-state index in [0.717, 1.165) is 29.5 Å². The van der Waals surface area contributed by atoms with Gasteiger partial charge in [-0.3, -0.25) is 9.59 Å². The van der Waals surface area contributed by atoms with Crippen molar-refractivity contribution >= 4 is 51.7 Å². The van der Waals surface area contributed by atoms with Gasteiger partial charge in [-0.05, 0) is 54.4 Å². The Kier molecular flexibility index (Phi) is 8.21. The fourth-order valence-electron chi connectivity index (χ4n) is 3.01. The average Bonchev–Trinajstić information content (AvgIpc) is 3.14. The second-order valence-electron chi connectivity index (χ2n) is 7.07. The third kappa shape index (κ3) is 6.51. The largest absolute Gasteiger partial charge is 0.497 e. The SMILES string of the molecule is CC/C(=N/N=C1/NC(=O)[C@@H](CC(=O)Nc2ccc(Cl)c(C(F)(F)F)c2)S1)c1ccc(OC)cc1. The lowest BCUT2D eigenvalue weighted by Gasteiger charge is -2.12. The number of benzene rings is 2. The maximum absolute atomic E-state index is 13.0. The molecule has 1 fully saturated rings. The molecule has 3 rings (SSSR count). The second-order valence-corrected chi connectivity index (χ2v) is 8.67. The number of nitrogens with zero attached hydrogens (tertiary/aromatic N) is 2. The minimum atomic E-state index is -4.66. The molecule has 34 heavy (non-hydrogen) atoms. The van der Waals surface area contributed by atoms with E-state index >= 15 is 0 Å². The lowest BCUT2D eigenvalue weighted by atomic mass is 10.1. The number of halogens is 4. The third-order valence-electron chi connectivity index (χ3n) is 4.72. The number of carbonyl (C=O) groups is 2. The van der Waals surface area contributed by atoms with Crippen LogP contribution in [0.4, 0.5) is 18.9 Å². The van der Waals surface area contributed by atoms with Gasteiger partial charge in [0.05, 0.1) is 23.4 Å². The van der Waals surface area contributed by atoms with Gasteiger partial charge >= 0.3 is 6.18 Å². The molecular formula is C22H20ClF3N4O3S. The summed E-state index contributed by atoms with van der Waals surface area (Å²) in [5.41, 5.74) is 0.403. The summed E-state index contributed by atoms with van der Waals surface area (Å²) in [7, 11) is 1.57. The molecule has 0 aromatic heterocycles. The first-order valence-corrected chi connectivity index (χ1v) is 11.3. The molecule has 2 N–H and O–H groups in total. The average molecular weight is 513 g/mol. The number of rotatable bonds is 7. The second kappa shape index (κ2) is 10.9. The molecule has 1 heterocycles. The van der Waals surface area contributed by atoms with Gasteiger partial charge in [-0.15, -0.1) is 5.10 Å². The molecule has 12 heteroatoms. The Morgan fingerprint density at radius 3 is 2.56 bits per heavy atom. The highest BCUT2D eigenvalue weighted by atomic mass is 35.5. The number of amidine groups is 1. The number of alkyl halides is 3. The molecule has 1 atom stereocenters. The minimum absolute atomic E-state index is 0.0734. The van der Waals surface area contributed by atoms with Crippen LogP contribution >= 0.6 is 23.4 Å². The van der Waals surface area contributed by atoms with Gasteiger partial charge < -0.3 is 15.4 Å². The number of carbonyl (C=O) groups excluding carboxylic acids is 2. The zero-order chi connectivity index (χ0) is 24.9. The fraction of sp³-hybridized carbons (Fsp3) is 0.273. The smallest absolute Gasteiger partial charge is 0.417 e. The van der Waals surface area contributed by atoms with Crippen LogP contribution in [0.5, 0.6) is 5.75 Å². The van der Waals surface area contributed by atoms with Crippen LogP contribution in [0.15, 0.2) is 52.7 Å². The Hall–Kier alpha value is -3.05. The lowest BCUT2D eigenvalue weighted by Crippen LogP contribution is -2.28. The highest BCUT2D eigenvalue weighted by molar-refractivity contribution is 8.15. The zero-order valence-corrected chi connectivity index (χ0v) is 19.6. The molecule has 2 aromatic rings. The van der Waals surface area contributed by atoms with E-state index in [1.165, 1.54) is 6.07 Å². The van der Waals surface area contributed by atoms with Gasteiger partial charge in [0.15, 0.2) is 5.17 Å². The number of amides is 2. The van der Waals surface area contributed by atoms with E-state index in [2.05, 4.69) is 20.8 Å². The maximum Gasteiger partial charge on any atom is 0.417 e. The summed E-state index contributed by atoms with van der Waals surface area (Å²) in [5, 5.41) is 12.2. The number of thioether (sulfide) groups is 1. The minimum Gasteiger partial charge on any atom is -0.497 e. The fourth-order valence-corrected chi connectivity index (χ4v) is 4.15. The van der Waals surface area contributed by atoms with Crippen LogP contribution in [0, 0.1) is 0 Å². The van der Waals surface area contributed by atoms with E-state index in [0.29, 0.717) is 17.9 Å². The Labute approximate surface area is 202 Å². The summed E-state index contributed by atoms with van der Waals surface area (Å²) in [6.07, 6.45) is -4.33. The van der Waals surface area contributed by atoms with E-state index in [1.54, 1.807) is 19.2 Å². The number of hydrogen-bond acceptors (Lipinski definition) is 6. The molecule has 1 aliphatic rings. The topological polar surface area (TPSA) is 92.2 Å². The molecule has 2 amide bonds. The monoisotopic (exact) mass is 512 g/mol. The van der Waals surface area contributed by atoms with Crippen molar-refractivity contribution in [2.24, 2.45) is 10.2 Å². The molecule has 0 unspecified atom stereocenters. The first-order valence-electron chi connectivity index (χ1n) is 10.0. The zero-order valence-electron chi connectivity index (χ0n) is 18.1. The van der Waals surface area contributed by atoms with Crippen molar-refractivity contribution < 1.29 is 27.5 Å². The summed E-state index contributed by atoms with van der Waals surface area (Å²) in [6.45, 7) is 1.91. The van der Waals surface area contributed by atoms with Gasteiger partial charge in [-0.25, -0.2) is 0 Å². The molecule has 180 valence electrons. The van der Waals surface area contributed by atoms with Gasteiger partial charge in [0.25, 0.3) is 0 Å². The van der Waals surface area contributed by atoms with Gasteiger partial charge in [-0.1, -0.05) is 30.3 Å².